The summed E-state index contributed by atoms with van der Waals surface area (Å²) in [4.78, 5) is 14.1. The van der Waals surface area contributed by atoms with Crippen molar-refractivity contribution in [3.8, 4) is 0 Å². The average molecular weight is 253 g/mol. The minimum atomic E-state index is -0.445. The molecule has 6 heteroatoms. The monoisotopic (exact) mass is 253 g/mol. The van der Waals surface area contributed by atoms with Crippen molar-refractivity contribution < 1.29 is 4.92 Å². The molecule has 1 aromatic heterocycles. The molecule has 1 aromatic rings. The van der Waals surface area contributed by atoms with Crippen molar-refractivity contribution in [2.75, 3.05) is 23.4 Å². The Kier molecular flexibility index (Phi) is 4.19. The lowest BCUT2D eigenvalue weighted by Gasteiger charge is -2.21. The molecule has 0 radical (unpaired) electrons. The van der Waals surface area contributed by atoms with Crippen LogP contribution in [-0.4, -0.2) is 28.0 Å². The van der Waals surface area contributed by atoms with Gasteiger partial charge >= 0.3 is 5.82 Å². The summed E-state index contributed by atoms with van der Waals surface area (Å²) in [6.07, 6.45) is 3.82. The molecule has 0 spiro atoms. The van der Waals surface area contributed by atoms with Crippen molar-refractivity contribution in [3.05, 3.63) is 28.4 Å². The topological polar surface area (TPSA) is 68.1 Å². The lowest BCUT2D eigenvalue weighted by Crippen LogP contribution is -2.19. The first-order chi connectivity index (χ1) is 8.27. The smallest absolute Gasteiger partial charge is 0.378 e. The molecule has 1 aliphatic rings. The molecule has 1 N–H and O–H groups in total. The standard InChI is InChI=1S/C11H15N3O2S/c15-14(16)11-10(2-1-5-12-11)13-8-9-3-6-17-7-4-9/h1-2,5,9,13H,3-4,6-8H2. The number of pyridine rings is 1. The number of aromatic nitrogens is 1. The summed E-state index contributed by atoms with van der Waals surface area (Å²) >= 11 is 1.98. The Balaban J connectivity index is 1.96. The Hall–Kier alpha value is -1.30. The number of thioether (sulfide) groups is 1. The molecule has 17 heavy (non-hydrogen) atoms. The predicted octanol–water partition coefficient (Wildman–Crippen LogP) is 2.54. The Labute approximate surface area is 104 Å². The molecule has 1 aliphatic heterocycles. The van der Waals surface area contributed by atoms with E-state index >= 15 is 0 Å². The largest absolute Gasteiger partial charge is 0.386 e. The predicted molar refractivity (Wildman–Crippen MR) is 69.4 cm³/mol. The van der Waals surface area contributed by atoms with E-state index in [0.29, 0.717) is 11.6 Å². The number of hydrogen-bond donors (Lipinski definition) is 1. The second kappa shape index (κ2) is 5.86. The number of hydrogen-bond acceptors (Lipinski definition) is 5. The lowest BCUT2D eigenvalue weighted by atomic mass is 10.0. The van der Waals surface area contributed by atoms with E-state index in [4.69, 9.17) is 0 Å². The summed E-state index contributed by atoms with van der Waals surface area (Å²) in [5.41, 5.74) is 0.524. The van der Waals surface area contributed by atoms with Crippen LogP contribution in [0, 0.1) is 16.0 Å². The summed E-state index contributed by atoms with van der Waals surface area (Å²) < 4.78 is 0. The Morgan fingerprint density at radius 3 is 3.00 bits per heavy atom. The lowest BCUT2D eigenvalue weighted by molar-refractivity contribution is -0.388. The number of nitrogens with zero attached hydrogens (tertiary/aromatic N) is 2. The normalized spacial score (nSPS) is 16.7. The molecular formula is C11H15N3O2S. The summed E-state index contributed by atoms with van der Waals surface area (Å²) in [7, 11) is 0. The van der Waals surface area contributed by atoms with Gasteiger partial charge in [0.25, 0.3) is 0 Å². The zero-order chi connectivity index (χ0) is 12.1. The van der Waals surface area contributed by atoms with Gasteiger partial charge in [-0.15, -0.1) is 0 Å². The molecule has 0 bridgehead atoms. The highest BCUT2D eigenvalue weighted by atomic mass is 32.2. The van der Waals surface area contributed by atoms with Gasteiger partial charge in [-0.3, -0.25) is 0 Å². The van der Waals surface area contributed by atoms with Crippen molar-refractivity contribution in [2.24, 2.45) is 5.92 Å². The van der Waals surface area contributed by atoms with Crippen molar-refractivity contribution >= 4 is 23.3 Å². The third-order valence-corrected chi connectivity index (χ3v) is 3.93. The molecule has 0 amide bonds. The summed E-state index contributed by atoms with van der Waals surface area (Å²) in [5, 5.41) is 13.9. The van der Waals surface area contributed by atoms with Crippen LogP contribution in [0.15, 0.2) is 18.3 Å². The van der Waals surface area contributed by atoms with Gasteiger partial charge in [0.15, 0.2) is 0 Å². The Morgan fingerprint density at radius 2 is 2.29 bits per heavy atom. The number of nitro groups is 1. The van der Waals surface area contributed by atoms with Crippen LogP contribution in [0.3, 0.4) is 0 Å². The van der Waals surface area contributed by atoms with Gasteiger partial charge in [-0.2, -0.15) is 11.8 Å². The highest BCUT2D eigenvalue weighted by molar-refractivity contribution is 7.99. The van der Waals surface area contributed by atoms with Gasteiger partial charge in [0.1, 0.15) is 11.9 Å². The van der Waals surface area contributed by atoms with Crippen LogP contribution in [-0.2, 0) is 0 Å². The SMILES string of the molecule is O=[N+]([O-])c1ncccc1NCC1CCSCC1. The minimum Gasteiger partial charge on any atom is -0.378 e. The number of anilines is 1. The summed E-state index contributed by atoms with van der Waals surface area (Å²) in [5.74, 6) is 2.93. The van der Waals surface area contributed by atoms with Gasteiger partial charge in [-0.1, -0.05) is 0 Å². The molecule has 2 heterocycles. The third-order valence-electron chi connectivity index (χ3n) is 2.88. The second-order valence-electron chi connectivity index (χ2n) is 4.07. The zero-order valence-corrected chi connectivity index (χ0v) is 10.3. The van der Waals surface area contributed by atoms with Crippen molar-refractivity contribution in [1.82, 2.24) is 4.98 Å². The maximum absolute atomic E-state index is 10.8. The van der Waals surface area contributed by atoms with Crippen molar-refractivity contribution in [3.63, 3.8) is 0 Å². The quantitative estimate of drug-likeness (QED) is 0.659. The maximum atomic E-state index is 10.8. The van der Waals surface area contributed by atoms with Crippen LogP contribution < -0.4 is 5.32 Å². The Morgan fingerprint density at radius 1 is 1.53 bits per heavy atom. The van der Waals surface area contributed by atoms with Gasteiger partial charge in [0.05, 0.1) is 0 Å². The van der Waals surface area contributed by atoms with Crippen LogP contribution in [0.2, 0.25) is 0 Å². The minimum absolute atomic E-state index is 0.0855. The first kappa shape index (κ1) is 12.2. The van der Waals surface area contributed by atoms with E-state index < -0.39 is 4.92 Å². The maximum Gasteiger partial charge on any atom is 0.386 e. The summed E-state index contributed by atoms with van der Waals surface area (Å²) in [6, 6.07) is 3.43. The third kappa shape index (κ3) is 3.33. The molecule has 1 saturated heterocycles. The number of nitrogens with one attached hydrogen (secondary N) is 1. The van der Waals surface area contributed by atoms with E-state index in [1.165, 1.54) is 30.5 Å². The van der Waals surface area contributed by atoms with Gasteiger partial charge < -0.3 is 15.4 Å². The van der Waals surface area contributed by atoms with E-state index in [0.717, 1.165) is 6.54 Å². The number of rotatable bonds is 4. The zero-order valence-electron chi connectivity index (χ0n) is 9.46. The molecule has 0 unspecified atom stereocenters. The van der Waals surface area contributed by atoms with E-state index in [1.807, 2.05) is 11.8 Å². The molecular weight excluding hydrogens is 238 g/mol. The van der Waals surface area contributed by atoms with Crippen LogP contribution in [0.25, 0.3) is 0 Å². The fourth-order valence-corrected chi connectivity index (χ4v) is 3.09. The van der Waals surface area contributed by atoms with Crippen LogP contribution in [0.4, 0.5) is 11.5 Å². The first-order valence-electron chi connectivity index (χ1n) is 5.68. The summed E-state index contributed by atoms with van der Waals surface area (Å²) in [6.45, 7) is 0.799. The van der Waals surface area contributed by atoms with E-state index in [-0.39, 0.29) is 5.82 Å². The van der Waals surface area contributed by atoms with E-state index in [2.05, 4.69) is 10.3 Å². The van der Waals surface area contributed by atoms with Gasteiger partial charge in [-0.05, 0) is 52.3 Å². The van der Waals surface area contributed by atoms with Crippen molar-refractivity contribution in [1.29, 1.82) is 0 Å². The average Bonchev–Trinajstić information content (AvgIpc) is 2.38. The molecule has 0 aromatic carbocycles. The van der Waals surface area contributed by atoms with E-state index in [1.54, 1.807) is 12.1 Å². The molecule has 1 fully saturated rings. The highest BCUT2D eigenvalue weighted by Crippen LogP contribution is 2.25. The van der Waals surface area contributed by atoms with E-state index in [9.17, 15) is 10.1 Å². The van der Waals surface area contributed by atoms with Crippen LogP contribution >= 0.6 is 11.8 Å². The Bertz CT molecular complexity index is 394. The van der Waals surface area contributed by atoms with Crippen molar-refractivity contribution in [2.45, 2.75) is 12.8 Å². The molecule has 92 valence electrons. The molecule has 0 saturated carbocycles. The molecule has 2 rings (SSSR count). The fraction of sp³-hybridized carbons (Fsp3) is 0.545. The molecule has 0 atom stereocenters. The highest BCUT2D eigenvalue weighted by Gasteiger charge is 2.17. The van der Waals surface area contributed by atoms with Crippen LogP contribution in [0.1, 0.15) is 12.8 Å². The van der Waals surface area contributed by atoms with Gasteiger partial charge in [-0.25, -0.2) is 0 Å². The van der Waals surface area contributed by atoms with Gasteiger partial charge in [0, 0.05) is 6.54 Å². The molecule has 0 aliphatic carbocycles. The van der Waals surface area contributed by atoms with Crippen LogP contribution in [0.5, 0.6) is 0 Å². The first-order valence-corrected chi connectivity index (χ1v) is 6.84. The fourth-order valence-electron chi connectivity index (χ4n) is 1.89. The second-order valence-corrected chi connectivity index (χ2v) is 5.29. The van der Waals surface area contributed by atoms with Gasteiger partial charge in [0.2, 0.25) is 0 Å². The molecule has 5 nitrogen and oxygen atoms in total.